The Kier molecular flexibility index (Phi) is 6.25. The molecule has 2 aromatic rings. The third-order valence-corrected chi connectivity index (χ3v) is 7.27. The van der Waals surface area contributed by atoms with E-state index in [4.69, 9.17) is 5.73 Å². The number of carboxylic acid groups (broad SMARTS) is 1. The molecule has 2 amide bonds. The van der Waals surface area contributed by atoms with Crippen LogP contribution in [0.2, 0.25) is 0 Å². The Morgan fingerprint density at radius 1 is 1.29 bits per heavy atom. The van der Waals surface area contributed by atoms with Crippen molar-refractivity contribution in [3.05, 3.63) is 27.2 Å². The van der Waals surface area contributed by atoms with Crippen LogP contribution in [0.1, 0.15) is 30.5 Å². The molecule has 4 rings (SSSR count). The summed E-state index contributed by atoms with van der Waals surface area (Å²) in [6.45, 7) is 0. The number of allylic oxidation sites excluding steroid dienone is 1. The second kappa shape index (κ2) is 8.87. The van der Waals surface area contributed by atoms with Crippen molar-refractivity contribution < 1.29 is 32.7 Å². The smallest absolute Gasteiger partial charge is 0.452 e. The summed E-state index contributed by atoms with van der Waals surface area (Å²) in [5.74, 6) is -4.77. The van der Waals surface area contributed by atoms with Gasteiger partial charge in [0.05, 0.1) is 6.04 Å². The fourth-order valence-corrected chi connectivity index (χ4v) is 5.71. The highest BCUT2D eigenvalue weighted by Gasteiger charge is 2.54. The summed E-state index contributed by atoms with van der Waals surface area (Å²) in [6.07, 6.45) is -4.46. The Balaban J connectivity index is 1.51. The molecule has 3 unspecified atom stereocenters. The van der Waals surface area contributed by atoms with Crippen molar-refractivity contribution in [2.75, 3.05) is 5.73 Å². The Labute approximate surface area is 198 Å². The monoisotopic (exact) mass is 536 g/mol. The van der Waals surface area contributed by atoms with Gasteiger partial charge in [0.2, 0.25) is 11.9 Å². The van der Waals surface area contributed by atoms with Gasteiger partial charge in [-0.3, -0.25) is 14.5 Å². The molecule has 2 aliphatic rings. The van der Waals surface area contributed by atoms with E-state index in [-0.39, 0.29) is 33.0 Å². The van der Waals surface area contributed by atoms with Gasteiger partial charge in [-0.1, -0.05) is 11.8 Å². The van der Waals surface area contributed by atoms with Gasteiger partial charge in [0.1, 0.15) is 11.7 Å². The zero-order valence-electron chi connectivity index (χ0n) is 16.3. The number of carboxylic acids is 1. The molecule has 1 fully saturated rings. The lowest BCUT2D eigenvalue weighted by Gasteiger charge is -2.50. The van der Waals surface area contributed by atoms with Crippen LogP contribution in [0.15, 0.2) is 20.1 Å². The third kappa shape index (κ3) is 4.32. The van der Waals surface area contributed by atoms with Crippen LogP contribution in [-0.2, 0) is 20.6 Å². The number of nitrogens with two attached hydrogens (primary N) is 1. The van der Waals surface area contributed by atoms with Gasteiger partial charge >= 0.3 is 12.1 Å². The summed E-state index contributed by atoms with van der Waals surface area (Å²) in [7, 11) is 0. The molecule has 0 bridgehead atoms. The number of carbonyl (C=O) groups excluding carboxylic acids is 2. The average molecular weight is 536 g/mol. The van der Waals surface area contributed by atoms with Crippen molar-refractivity contribution in [1.82, 2.24) is 28.9 Å². The largest absolute Gasteiger partial charge is 0.477 e. The topological polar surface area (TPSA) is 194 Å². The quantitative estimate of drug-likeness (QED) is 0.342. The molecule has 2 aromatic heterocycles. The number of nitrogen functional groups attached to an aromatic ring is 1. The Hall–Kier alpha value is -3.19. The minimum atomic E-state index is -4.75. The molecule has 0 aromatic carbocycles. The molecule has 0 aliphatic carbocycles. The Bertz CT molecular complexity index is 1210. The fourth-order valence-electron chi connectivity index (χ4n) is 3.40. The number of aliphatic carboxylic acids is 1. The van der Waals surface area contributed by atoms with E-state index in [2.05, 4.69) is 29.2 Å². The number of fused-ring (bicyclic) bond motifs is 1. The number of anilines is 1. The second-order valence-corrected chi connectivity index (χ2v) is 9.74. The minimum Gasteiger partial charge on any atom is -0.477 e. The van der Waals surface area contributed by atoms with Crippen molar-refractivity contribution in [2.45, 2.75) is 41.5 Å². The zero-order chi connectivity index (χ0) is 24.8. The van der Waals surface area contributed by atoms with Gasteiger partial charge in [-0.15, -0.1) is 4.91 Å². The number of halogens is 3. The lowest BCUT2D eigenvalue weighted by Crippen LogP contribution is -2.71. The molecule has 1 saturated heterocycles. The number of amides is 2. The second-order valence-electron chi connectivity index (χ2n) is 6.86. The lowest BCUT2D eigenvalue weighted by molar-refractivity contribution is -0.156. The number of nitrogens with one attached hydrogen (secondary N) is 1. The van der Waals surface area contributed by atoms with E-state index in [0.717, 1.165) is 16.4 Å². The van der Waals surface area contributed by atoms with Gasteiger partial charge in [0.25, 0.3) is 11.8 Å². The predicted molar refractivity (Wildman–Crippen MR) is 110 cm³/mol. The number of alkyl halides is 3. The summed E-state index contributed by atoms with van der Waals surface area (Å²) in [4.78, 5) is 56.4. The fraction of sp³-hybridized carbons (Fsp3) is 0.400. The summed E-state index contributed by atoms with van der Waals surface area (Å²) < 4.78 is 45.0. The number of carbonyl (C=O) groups is 3. The van der Waals surface area contributed by atoms with E-state index in [1.54, 1.807) is 0 Å². The summed E-state index contributed by atoms with van der Waals surface area (Å²) >= 11 is 1.88. The molecular weight excluding hydrogens is 525 g/mol. The minimum absolute atomic E-state index is 0.00803. The molecule has 19 heteroatoms. The SMILES string of the molecule is Nc1nc(C(N=O)C(=O)NC2C(=O)N3C(C(=O)O)=C(Sc4nc(C(F)(F)F)ns4)CCC23)ns1. The van der Waals surface area contributed by atoms with Crippen molar-refractivity contribution in [3.63, 3.8) is 0 Å². The molecule has 2 aliphatic heterocycles. The van der Waals surface area contributed by atoms with Crippen molar-refractivity contribution in [1.29, 1.82) is 0 Å². The van der Waals surface area contributed by atoms with Crippen molar-refractivity contribution >= 4 is 57.7 Å². The molecule has 13 nitrogen and oxygen atoms in total. The highest BCUT2D eigenvalue weighted by Crippen LogP contribution is 2.44. The first-order chi connectivity index (χ1) is 16.0. The molecule has 180 valence electrons. The van der Waals surface area contributed by atoms with Crippen molar-refractivity contribution in [3.8, 4) is 0 Å². The van der Waals surface area contributed by atoms with E-state index in [1.165, 1.54) is 0 Å². The number of hydrogen-bond acceptors (Lipinski definition) is 13. The maximum Gasteiger partial charge on any atom is 0.452 e. The first-order valence-electron chi connectivity index (χ1n) is 9.11. The summed E-state index contributed by atoms with van der Waals surface area (Å²) in [5.41, 5.74) is 5.02. The van der Waals surface area contributed by atoms with E-state index in [0.29, 0.717) is 23.3 Å². The highest BCUT2D eigenvalue weighted by molar-refractivity contribution is 8.04. The number of hydrogen-bond donors (Lipinski definition) is 3. The Morgan fingerprint density at radius 3 is 2.59 bits per heavy atom. The van der Waals surface area contributed by atoms with Crippen LogP contribution in [0, 0.1) is 4.91 Å². The Morgan fingerprint density at radius 2 is 2.03 bits per heavy atom. The van der Waals surface area contributed by atoms with Gasteiger partial charge in [0, 0.05) is 16.4 Å². The van der Waals surface area contributed by atoms with Gasteiger partial charge in [0.15, 0.2) is 15.3 Å². The standard InChI is InChI=1S/C15H11F3N8O5S3/c16-15(17,18)12-22-14(34-25-12)32-4-2-1-3-5(10(28)26(3)7(4)11(29)30)20-9(27)6(23-31)8-21-13(19)33-24-8/h3,5-6H,1-2H2,(H,20,27)(H,29,30)(H2,19,21,24). The first-order valence-corrected chi connectivity index (χ1v) is 11.5. The first kappa shape index (κ1) is 24.0. The number of aromatic nitrogens is 4. The maximum absolute atomic E-state index is 12.7. The van der Waals surface area contributed by atoms with E-state index in [9.17, 15) is 37.6 Å². The lowest BCUT2D eigenvalue weighted by atomic mass is 9.86. The molecule has 0 spiro atoms. The van der Waals surface area contributed by atoms with Crippen LogP contribution >= 0.6 is 34.8 Å². The third-order valence-electron chi connectivity index (χ3n) is 4.82. The molecule has 0 radical (unpaired) electrons. The van der Waals surface area contributed by atoms with Crippen LogP contribution in [0.3, 0.4) is 0 Å². The van der Waals surface area contributed by atoms with Crippen LogP contribution in [0.5, 0.6) is 0 Å². The van der Waals surface area contributed by atoms with Gasteiger partial charge in [-0.25, -0.2) is 14.8 Å². The number of nitroso groups, excluding NO2 is 1. The highest BCUT2D eigenvalue weighted by atomic mass is 32.2. The van der Waals surface area contributed by atoms with Crippen LogP contribution in [-0.4, -0.2) is 58.6 Å². The van der Waals surface area contributed by atoms with Gasteiger partial charge < -0.3 is 16.2 Å². The molecule has 34 heavy (non-hydrogen) atoms. The molecule has 4 N–H and O–H groups in total. The average Bonchev–Trinajstić information content (AvgIpc) is 3.41. The van der Waals surface area contributed by atoms with Crippen LogP contribution in [0.4, 0.5) is 18.3 Å². The van der Waals surface area contributed by atoms with E-state index >= 15 is 0 Å². The number of rotatable bonds is 7. The molecule has 4 heterocycles. The zero-order valence-corrected chi connectivity index (χ0v) is 18.8. The summed E-state index contributed by atoms with van der Waals surface area (Å²) in [5, 5.41) is 14.7. The van der Waals surface area contributed by atoms with E-state index in [1.807, 2.05) is 0 Å². The number of thioether (sulfide) groups is 1. The van der Waals surface area contributed by atoms with Gasteiger partial charge in [-0.2, -0.15) is 21.9 Å². The molecule has 0 saturated carbocycles. The predicted octanol–water partition coefficient (Wildman–Crippen LogP) is 1.38. The van der Waals surface area contributed by atoms with E-state index < -0.39 is 53.6 Å². The molecule has 3 atom stereocenters. The number of β-lactam (4-membered cyclic amide) rings is 1. The number of nitrogens with zero attached hydrogens (tertiary/aromatic N) is 6. The van der Waals surface area contributed by atoms with Crippen LogP contribution in [0.25, 0.3) is 0 Å². The molecular formula is C15H11F3N8O5S3. The summed E-state index contributed by atoms with van der Waals surface area (Å²) in [6, 6.07) is -3.53. The van der Waals surface area contributed by atoms with Crippen molar-refractivity contribution in [2.24, 2.45) is 5.18 Å². The van der Waals surface area contributed by atoms with Gasteiger partial charge in [-0.05, 0) is 29.6 Å². The maximum atomic E-state index is 12.7. The normalized spacial score (nSPS) is 21.0. The van der Waals surface area contributed by atoms with Crippen LogP contribution < -0.4 is 11.1 Å².